The molecule has 6 N–H and O–H groups in total. The number of carbonyl (C=O) groups excluding carboxylic acids is 1. The summed E-state index contributed by atoms with van der Waals surface area (Å²) in [7, 11) is 0. The molecule has 0 aliphatic carbocycles. The number of carboxylic acid groups (broad SMARTS) is 1. The van der Waals surface area contributed by atoms with Crippen molar-refractivity contribution in [3.05, 3.63) is 53.6 Å². The topological polar surface area (TPSA) is 150 Å². The van der Waals surface area contributed by atoms with E-state index in [0.29, 0.717) is 5.56 Å². The molecule has 0 spiro atoms. The largest absolute Gasteiger partial charge is 0.507 e. The number of esters is 1. The molecule has 0 bridgehead atoms. The van der Waals surface area contributed by atoms with E-state index < -0.39 is 17.5 Å². The summed E-state index contributed by atoms with van der Waals surface area (Å²) in [4.78, 5) is 23.5. The number of benzene rings is 2. The van der Waals surface area contributed by atoms with Crippen molar-refractivity contribution in [3.8, 4) is 17.2 Å². The fourth-order valence-corrected chi connectivity index (χ4v) is 2.59. The molecule has 0 heterocycles. The predicted molar refractivity (Wildman–Crippen MR) is 95.7 cm³/mol. The Morgan fingerprint density at radius 3 is 2.33 bits per heavy atom. The maximum absolute atomic E-state index is 11.9. The molecule has 2 aromatic carbocycles. The van der Waals surface area contributed by atoms with Crippen LogP contribution < -0.4 is 5.73 Å². The lowest BCUT2D eigenvalue weighted by Crippen LogP contribution is -2.50. The van der Waals surface area contributed by atoms with Crippen molar-refractivity contribution in [3.63, 3.8) is 0 Å². The lowest BCUT2D eigenvalue weighted by Gasteiger charge is -2.25. The quantitative estimate of drug-likeness (QED) is 0.266. The second-order valence-corrected chi connectivity index (χ2v) is 6.22. The van der Waals surface area contributed by atoms with E-state index in [9.17, 15) is 30.0 Å². The second-order valence-electron chi connectivity index (χ2n) is 6.22. The third kappa shape index (κ3) is 5.11. The van der Waals surface area contributed by atoms with Crippen molar-refractivity contribution in [1.29, 1.82) is 0 Å². The van der Waals surface area contributed by atoms with Gasteiger partial charge in [-0.3, -0.25) is 4.79 Å². The Morgan fingerprint density at radius 1 is 1.00 bits per heavy atom. The van der Waals surface area contributed by atoms with E-state index in [-0.39, 0.29) is 48.7 Å². The van der Waals surface area contributed by atoms with Gasteiger partial charge in [0.1, 0.15) is 16.9 Å². The first kappa shape index (κ1) is 20.1. The average molecular weight is 375 g/mol. The van der Waals surface area contributed by atoms with Gasteiger partial charge >= 0.3 is 11.9 Å². The number of phenols is 3. The van der Waals surface area contributed by atoms with Crippen LogP contribution in [-0.4, -0.2) is 44.5 Å². The highest BCUT2D eigenvalue weighted by Crippen LogP contribution is 2.27. The Labute approximate surface area is 155 Å². The number of hydrogen-bond acceptors (Lipinski definition) is 7. The van der Waals surface area contributed by atoms with Gasteiger partial charge in [-0.05, 0) is 42.7 Å². The van der Waals surface area contributed by atoms with Crippen LogP contribution in [0.3, 0.4) is 0 Å². The van der Waals surface area contributed by atoms with E-state index >= 15 is 0 Å². The molecule has 0 aromatic heterocycles. The zero-order valence-electron chi connectivity index (χ0n) is 14.5. The number of aromatic hydroxyl groups is 3. The monoisotopic (exact) mass is 375 g/mol. The Hall–Kier alpha value is -3.26. The molecule has 27 heavy (non-hydrogen) atoms. The van der Waals surface area contributed by atoms with Gasteiger partial charge < -0.3 is 30.9 Å². The molecule has 0 saturated heterocycles. The molecule has 8 nitrogen and oxygen atoms in total. The minimum absolute atomic E-state index is 0.0119. The first-order valence-corrected chi connectivity index (χ1v) is 8.21. The highest BCUT2D eigenvalue weighted by atomic mass is 16.5. The molecular formula is C19H21NO7. The van der Waals surface area contributed by atoms with Gasteiger partial charge in [-0.15, -0.1) is 0 Å². The number of nitrogens with two attached hydrogens (primary N) is 1. The third-order valence-electron chi connectivity index (χ3n) is 4.11. The Kier molecular flexibility index (Phi) is 6.25. The van der Waals surface area contributed by atoms with Gasteiger partial charge in [0.05, 0.1) is 6.61 Å². The zero-order valence-corrected chi connectivity index (χ0v) is 14.5. The Morgan fingerprint density at radius 2 is 1.70 bits per heavy atom. The number of ether oxygens (including phenoxy) is 1. The number of para-hydroxylation sites is 1. The fraction of sp³-hybridized carbons (Fsp3) is 0.263. The Bertz CT molecular complexity index is 837. The van der Waals surface area contributed by atoms with Gasteiger partial charge in [-0.25, -0.2) is 4.79 Å². The molecule has 2 aromatic rings. The van der Waals surface area contributed by atoms with Crippen molar-refractivity contribution >= 4 is 11.9 Å². The average Bonchev–Trinajstić information content (AvgIpc) is 2.62. The van der Waals surface area contributed by atoms with Gasteiger partial charge in [-0.2, -0.15) is 0 Å². The van der Waals surface area contributed by atoms with Gasteiger partial charge in [0, 0.05) is 6.42 Å². The summed E-state index contributed by atoms with van der Waals surface area (Å²) in [5.41, 5.74) is 4.82. The highest BCUT2D eigenvalue weighted by Gasteiger charge is 2.34. The fourth-order valence-electron chi connectivity index (χ4n) is 2.59. The summed E-state index contributed by atoms with van der Waals surface area (Å²) in [6.07, 6.45) is 0.119. The van der Waals surface area contributed by atoms with Gasteiger partial charge in [0.15, 0.2) is 11.5 Å². The summed E-state index contributed by atoms with van der Waals surface area (Å²) in [6.45, 7) is -0.0692. The molecule has 8 heteroatoms. The summed E-state index contributed by atoms with van der Waals surface area (Å²) < 4.78 is 5.05. The standard InChI is InChI=1S/C19H21NO7/c20-19(18(25)26,11-12-6-7-15(22)16(23)10-12)8-3-9-27-17(24)13-4-1-2-5-14(13)21/h1-2,4-7,10,21-23H,3,8-9,11,20H2,(H,25,26)/t19-/m0/s1. The van der Waals surface area contributed by atoms with Crippen LogP contribution in [0.15, 0.2) is 42.5 Å². The molecule has 144 valence electrons. The van der Waals surface area contributed by atoms with Gasteiger partial charge in [0.2, 0.25) is 0 Å². The first-order chi connectivity index (χ1) is 12.7. The summed E-state index contributed by atoms with van der Waals surface area (Å²) in [6, 6.07) is 9.90. The van der Waals surface area contributed by atoms with Crippen molar-refractivity contribution < 1.29 is 34.8 Å². The van der Waals surface area contributed by atoms with Crippen LogP contribution in [0.2, 0.25) is 0 Å². The van der Waals surface area contributed by atoms with Crippen LogP contribution >= 0.6 is 0 Å². The van der Waals surface area contributed by atoms with E-state index in [1.54, 1.807) is 12.1 Å². The molecule has 0 unspecified atom stereocenters. The highest BCUT2D eigenvalue weighted by molar-refractivity contribution is 5.92. The van der Waals surface area contributed by atoms with Gasteiger partial charge in [0.25, 0.3) is 0 Å². The van der Waals surface area contributed by atoms with Crippen LogP contribution in [0.1, 0.15) is 28.8 Å². The predicted octanol–water partition coefficient (Wildman–Crippen LogP) is 1.77. The van der Waals surface area contributed by atoms with Crippen LogP contribution in [-0.2, 0) is 16.0 Å². The number of hydrogen-bond donors (Lipinski definition) is 5. The molecule has 0 fully saturated rings. The maximum atomic E-state index is 11.9. The number of aliphatic carboxylic acids is 1. The molecule has 0 aliphatic rings. The van der Waals surface area contributed by atoms with Crippen LogP contribution in [0, 0.1) is 0 Å². The lowest BCUT2D eigenvalue weighted by molar-refractivity contribution is -0.143. The van der Waals surface area contributed by atoms with Crippen molar-refractivity contribution in [2.24, 2.45) is 5.73 Å². The van der Waals surface area contributed by atoms with E-state index in [2.05, 4.69) is 0 Å². The minimum atomic E-state index is -1.63. The molecule has 0 saturated carbocycles. The zero-order chi connectivity index (χ0) is 20.0. The summed E-state index contributed by atoms with van der Waals surface area (Å²) in [5, 5.41) is 37.9. The number of carbonyl (C=O) groups is 2. The SMILES string of the molecule is N[C@@](CCCOC(=O)c1ccccc1O)(Cc1ccc(O)c(O)c1)C(=O)O. The minimum Gasteiger partial charge on any atom is -0.507 e. The lowest BCUT2D eigenvalue weighted by atomic mass is 9.87. The number of phenolic OH excluding ortho intramolecular Hbond substituents is 3. The summed E-state index contributed by atoms with van der Waals surface area (Å²) >= 11 is 0. The Balaban J connectivity index is 1.94. The molecule has 0 amide bonds. The van der Waals surface area contributed by atoms with E-state index in [4.69, 9.17) is 10.5 Å². The number of rotatable bonds is 8. The van der Waals surface area contributed by atoms with Crippen molar-refractivity contribution in [2.45, 2.75) is 24.8 Å². The first-order valence-electron chi connectivity index (χ1n) is 8.21. The maximum Gasteiger partial charge on any atom is 0.341 e. The molecule has 0 radical (unpaired) electrons. The van der Waals surface area contributed by atoms with E-state index in [1.165, 1.54) is 30.3 Å². The van der Waals surface area contributed by atoms with Crippen LogP contribution in [0.5, 0.6) is 17.2 Å². The smallest absolute Gasteiger partial charge is 0.341 e. The van der Waals surface area contributed by atoms with Crippen LogP contribution in [0.4, 0.5) is 0 Å². The van der Waals surface area contributed by atoms with Crippen molar-refractivity contribution in [2.75, 3.05) is 6.61 Å². The van der Waals surface area contributed by atoms with Gasteiger partial charge in [-0.1, -0.05) is 18.2 Å². The van der Waals surface area contributed by atoms with Crippen molar-refractivity contribution in [1.82, 2.24) is 0 Å². The summed E-state index contributed by atoms with van der Waals surface area (Å²) in [5.74, 6) is -2.82. The molecule has 1 atom stereocenters. The molecular weight excluding hydrogens is 354 g/mol. The molecule has 2 rings (SSSR count). The second kappa shape index (κ2) is 8.41. The number of carboxylic acids is 1. The van der Waals surface area contributed by atoms with E-state index in [1.807, 2.05) is 0 Å². The third-order valence-corrected chi connectivity index (χ3v) is 4.11. The van der Waals surface area contributed by atoms with E-state index in [0.717, 1.165) is 0 Å². The van der Waals surface area contributed by atoms with Crippen LogP contribution in [0.25, 0.3) is 0 Å². The molecule has 0 aliphatic heterocycles. The normalized spacial score (nSPS) is 12.9.